The summed E-state index contributed by atoms with van der Waals surface area (Å²) in [5, 5.41) is 9.97. The maximum absolute atomic E-state index is 15.0. The fraction of sp³-hybridized carbons (Fsp3) is 0.800. The maximum Gasteiger partial charge on any atom is 0.188 e. The summed E-state index contributed by atoms with van der Waals surface area (Å²) in [6.07, 6.45) is 9.80. The Kier molecular flexibility index (Phi) is 6.04. The minimum Gasteiger partial charge on any atom is -0.362 e. The average molecular weight is 534 g/mol. The van der Waals surface area contributed by atoms with Crippen LogP contribution in [0.3, 0.4) is 0 Å². The zero-order valence-corrected chi connectivity index (χ0v) is 26.4. The van der Waals surface area contributed by atoms with Crippen LogP contribution in [0, 0.1) is 61.6 Å². The lowest BCUT2D eigenvalue weighted by Gasteiger charge is -2.69. The molecule has 4 nitrogen and oxygen atoms in total. The molecular formula is C35H51NO3. The lowest BCUT2D eigenvalue weighted by atomic mass is 9.34. The molecular weight excluding hydrogens is 482 g/mol. The van der Waals surface area contributed by atoms with E-state index in [1.54, 1.807) is 0 Å². The highest BCUT2D eigenvalue weighted by Gasteiger charge is 2.80. The molecule has 1 aliphatic heterocycles. The van der Waals surface area contributed by atoms with Crippen LogP contribution in [-0.2, 0) is 14.3 Å². The zero-order valence-electron chi connectivity index (χ0n) is 26.4. The number of allylic oxidation sites excluding steroid dienone is 3. The van der Waals surface area contributed by atoms with Crippen molar-refractivity contribution in [2.75, 3.05) is 0 Å². The second-order valence-corrected chi connectivity index (χ2v) is 16.6. The third-order valence-corrected chi connectivity index (χ3v) is 13.0. The minimum atomic E-state index is -0.854. The molecule has 1 saturated heterocycles. The van der Waals surface area contributed by atoms with Gasteiger partial charge in [0.25, 0.3) is 0 Å². The van der Waals surface area contributed by atoms with Crippen molar-refractivity contribution in [3.05, 3.63) is 23.3 Å². The first kappa shape index (κ1) is 28.8. The van der Waals surface area contributed by atoms with Crippen LogP contribution in [0.25, 0.3) is 0 Å². The van der Waals surface area contributed by atoms with E-state index in [1.807, 2.05) is 26.0 Å². The number of carbonyl (C=O) groups excluding carboxylic acids is 2. The lowest BCUT2D eigenvalue weighted by Crippen LogP contribution is -2.71. The van der Waals surface area contributed by atoms with Crippen molar-refractivity contribution < 1.29 is 14.3 Å². The van der Waals surface area contributed by atoms with E-state index < -0.39 is 16.4 Å². The van der Waals surface area contributed by atoms with Crippen molar-refractivity contribution >= 4 is 11.6 Å². The van der Waals surface area contributed by atoms with Gasteiger partial charge in [0.1, 0.15) is 11.7 Å². The van der Waals surface area contributed by atoms with Gasteiger partial charge in [-0.2, -0.15) is 5.26 Å². The molecule has 39 heavy (non-hydrogen) atoms. The maximum atomic E-state index is 15.0. The standard InChI is InChI=1S/C35H51NO3/c1-12-34-16-15-33(11)32(10)14-13-23-30(7,8)27(38)22(20-36)18-31(23,9)24(32)17-26(37)35(33,39-28(34)21(2)3)25(34)19-29(4,5)6/h17-18,21,23,25,28H,12-16,19H2,1-11H3/t23-,25?,28?,31-,32+,33-,34-,35+/m0/s1. The van der Waals surface area contributed by atoms with Crippen molar-refractivity contribution in [2.24, 2.45) is 50.2 Å². The molecule has 8 atom stereocenters. The Balaban J connectivity index is 1.79. The van der Waals surface area contributed by atoms with Gasteiger partial charge in [-0.15, -0.1) is 0 Å². The Bertz CT molecular complexity index is 1230. The summed E-state index contributed by atoms with van der Waals surface area (Å²) in [5.41, 5.74) is -1.24. The van der Waals surface area contributed by atoms with Crippen LogP contribution >= 0.6 is 0 Å². The van der Waals surface area contributed by atoms with Crippen LogP contribution in [0.4, 0.5) is 0 Å². The minimum absolute atomic E-state index is 0.00739. The van der Waals surface area contributed by atoms with Crippen molar-refractivity contribution in [1.29, 1.82) is 5.26 Å². The van der Waals surface area contributed by atoms with E-state index in [4.69, 9.17) is 4.74 Å². The summed E-state index contributed by atoms with van der Waals surface area (Å²) in [7, 11) is 0. The van der Waals surface area contributed by atoms with Crippen LogP contribution < -0.4 is 0 Å². The van der Waals surface area contributed by atoms with Gasteiger partial charge in [-0.3, -0.25) is 9.59 Å². The van der Waals surface area contributed by atoms with E-state index in [9.17, 15) is 14.9 Å². The molecule has 3 fully saturated rings. The lowest BCUT2D eigenvalue weighted by molar-refractivity contribution is -0.207. The summed E-state index contributed by atoms with van der Waals surface area (Å²) in [6, 6.07) is 2.22. The number of nitrogens with zero attached hydrogens (tertiary/aromatic N) is 1. The van der Waals surface area contributed by atoms with Crippen molar-refractivity contribution in [1.82, 2.24) is 0 Å². The molecule has 2 unspecified atom stereocenters. The molecule has 0 amide bonds. The highest BCUT2D eigenvalue weighted by molar-refractivity contribution is 6.05. The molecule has 214 valence electrons. The number of hydrogen-bond donors (Lipinski definition) is 0. The highest BCUT2D eigenvalue weighted by atomic mass is 16.5. The summed E-state index contributed by atoms with van der Waals surface area (Å²) in [6.45, 7) is 24.7. The number of fused-ring (bicyclic) bond motifs is 5. The predicted octanol–water partition coefficient (Wildman–Crippen LogP) is 8.02. The van der Waals surface area contributed by atoms with Crippen molar-refractivity contribution in [3.8, 4) is 6.07 Å². The highest BCUT2D eigenvalue weighted by Crippen LogP contribution is 2.78. The number of Topliss-reactive ketones (excluding diaryl/α,β-unsaturated/α-hetero) is 1. The van der Waals surface area contributed by atoms with E-state index >= 15 is 0 Å². The third-order valence-electron chi connectivity index (χ3n) is 13.0. The molecule has 5 rings (SSSR count). The summed E-state index contributed by atoms with van der Waals surface area (Å²) in [4.78, 5) is 28.3. The van der Waals surface area contributed by atoms with E-state index in [2.05, 4.69) is 68.4 Å². The molecule has 2 bridgehead atoms. The number of nitriles is 1. The van der Waals surface area contributed by atoms with Gasteiger partial charge in [-0.25, -0.2) is 0 Å². The van der Waals surface area contributed by atoms with Gasteiger partial charge in [-0.1, -0.05) is 82.2 Å². The Hall–Kier alpha value is -1.73. The number of ketones is 2. The van der Waals surface area contributed by atoms with Crippen molar-refractivity contribution in [2.45, 2.75) is 126 Å². The van der Waals surface area contributed by atoms with E-state index in [1.165, 1.54) is 0 Å². The van der Waals surface area contributed by atoms with Crippen LogP contribution in [0.2, 0.25) is 0 Å². The van der Waals surface area contributed by atoms with Crippen LogP contribution in [0.1, 0.15) is 115 Å². The van der Waals surface area contributed by atoms with Gasteiger partial charge < -0.3 is 4.74 Å². The van der Waals surface area contributed by atoms with Gasteiger partial charge in [0, 0.05) is 27.6 Å². The Labute approximate surface area is 237 Å². The molecule has 5 aliphatic rings. The predicted molar refractivity (Wildman–Crippen MR) is 155 cm³/mol. The fourth-order valence-corrected chi connectivity index (χ4v) is 11.1. The van der Waals surface area contributed by atoms with Gasteiger partial charge >= 0.3 is 0 Å². The zero-order chi connectivity index (χ0) is 29.2. The summed E-state index contributed by atoms with van der Waals surface area (Å²) >= 11 is 0. The fourth-order valence-electron chi connectivity index (χ4n) is 11.1. The molecule has 0 aromatic carbocycles. The van der Waals surface area contributed by atoms with E-state index in [0.29, 0.717) is 5.92 Å². The van der Waals surface area contributed by atoms with Gasteiger partial charge in [0.05, 0.1) is 11.7 Å². The molecule has 0 N–H and O–H groups in total. The SMILES string of the molecule is CC[C@@]12CC[C@@]3(C)[C@]4(C)CC[C@H]5C(C)(C)C(=O)C(C#N)=C[C@]5(C)C4=CC(=O)[C@]3(OC1C(C)C)C2CC(C)(C)C. The first-order chi connectivity index (χ1) is 17.8. The largest absolute Gasteiger partial charge is 0.362 e. The Morgan fingerprint density at radius 1 is 1.08 bits per heavy atom. The quantitative estimate of drug-likeness (QED) is 0.368. The van der Waals surface area contributed by atoms with E-state index in [0.717, 1.165) is 44.1 Å². The molecule has 2 saturated carbocycles. The second kappa shape index (κ2) is 8.18. The monoisotopic (exact) mass is 533 g/mol. The first-order valence-electron chi connectivity index (χ1n) is 15.4. The van der Waals surface area contributed by atoms with Gasteiger partial charge in [0.2, 0.25) is 0 Å². The molecule has 1 spiro atoms. The Morgan fingerprint density at radius 3 is 2.26 bits per heavy atom. The topological polar surface area (TPSA) is 67.2 Å². The summed E-state index contributed by atoms with van der Waals surface area (Å²) < 4.78 is 7.37. The molecule has 4 aliphatic carbocycles. The normalized spacial score (nSPS) is 46.6. The first-order valence-corrected chi connectivity index (χ1v) is 15.4. The smallest absolute Gasteiger partial charge is 0.188 e. The second-order valence-electron chi connectivity index (χ2n) is 16.6. The number of ether oxygens (including phenoxy) is 1. The number of carbonyl (C=O) groups is 2. The van der Waals surface area contributed by atoms with E-state index in [-0.39, 0.29) is 56.7 Å². The van der Waals surface area contributed by atoms with Crippen LogP contribution in [0.5, 0.6) is 0 Å². The summed E-state index contributed by atoms with van der Waals surface area (Å²) in [5.74, 6) is 0.617. The number of rotatable bonds is 3. The van der Waals surface area contributed by atoms with Crippen LogP contribution in [-0.4, -0.2) is 23.3 Å². The molecule has 0 aromatic heterocycles. The van der Waals surface area contributed by atoms with Gasteiger partial charge in [-0.05, 0) is 72.8 Å². The molecule has 0 aromatic rings. The van der Waals surface area contributed by atoms with Crippen LogP contribution in [0.15, 0.2) is 23.3 Å². The molecule has 4 heteroatoms. The van der Waals surface area contributed by atoms with Crippen molar-refractivity contribution in [3.63, 3.8) is 0 Å². The molecule has 1 heterocycles. The van der Waals surface area contributed by atoms with Gasteiger partial charge in [0.15, 0.2) is 11.6 Å². The third kappa shape index (κ3) is 3.21. The number of hydrogen-bond acceptors (Lipinski definition) is 4. The molecule has 0 radical (unpaired) electrons. The average Bonchev–Trinajstić information content (AvgIpc) is 3.03. The Morgan fingerprint density at radius 2 is 1.72 bits per heavy atom.